The van der Waals surface area contributed by atoms with Gasteiger partial charge in [0.1, 0.15) is 11.3 Å². The van der Waals surface area contributed by atoms with Crippen LogP contribution in [0, 0.1) is 0 Å². The van der Waals surface area contributed by atoms with E-state index in [1.54, 1.807) is 42.7 Å². The van der Waals surface area contributed by atoms with E-state index in [-0.39, 0.29) is 16.5 Å². The fourth-order valence-electron chi connectivity index (χ4n) is 2.64. The van der Waals surface area contributed by atoms with E-state index in [9.17, 15) is 13.0 Å². The van der Waals surface area contributed by atoms with Gasteiger partial charge in [-0.05, 0) is 35.4 Å². The molecule has 2 aromatic carbocycles. The molecular weight excluding hydrogens is 422 g/mol. The number of rotatable bonds is 6. The molecule has 10 heteroatoms. The molecular formula is C18H14ClN3O4S2. The van der Waals surface area contributed by atoms with E-state index in [0.717, 1.165) is 0 Å². The van der Waals surface area contributed by atoms with E-state index in [1.165, 1.54) is 18.2 Å². The van der Waals surface area contributed by atoms with Gasteiger partial charge in [-0.3, -0.25) is 4.72 Å². The summed E-state index contributed by atoms with van der Waals surface area (Å²) in [5.41, 5.74) is 0.577. The number of hydrogen-bond donors (Lipinski definition) is 2. The van der Waals surface area contributed by atoms with Gasteiger partial charge < -0.3 is 14.0 Å². The molecule has 2 N–H and O–H groups in total. The summed E-state index contributed by atoms with van der Waals surface area (Å²) < 4.78 is 46.3. The number of fused-ring (bicyclic) bond motifs is 1. The number of H-pyrrole nitrogens is 1. The van der Waals surface area contributed by atoms with Crippen molar-refractivity contribution < 1.29 is 17.4 Å². The SMILES string of the molecule is O=S(=O)(Nc1cc(Cl)ccc1[S+]([O-])Cc1ncc[nH]1)c1cc2ccccc2o1. The second kappa shape index (κ2) is 7.51. The zero-order chi connectivity index (χ0) is 19.7. The number of aromatic amines is 1. The minimum atomic E-state index is -4.04. The van der Waals surface area contributed by atoms with Crippen molar-refractivity contribution in [1.82, 2.24) is 9.97 Å². The summed E-state index contributed by atoms with van der Waals surface area (Å²) in [6.07, 6.45) is 3.18. The molecule has 0 amide bonds. The molecule has 0 saturated heterocycles. The Morgan fingerprint density at radius 3 is 2.79 bits per heavy atom. The maximum absolute atomic E-state index is 12.8. The number of anilines is 1. The van der Waals surface area contributed by atoms with Gasteiger partial charge in [-0.1, -0.05) is 29.8 Å². The number of halogens is 1. The molecule has 0 bridgehead atoms. The number of para-hydroxylation sites is 1. The van der Waals surface area contributed by atoms with E-state index >= 15 is 0 Å². The number of nitrogens with zero attached hydrogens (tertiary/aromatic N) is 1. The molecule has 0 fully saturated rings. The van der Waals surface area contributed by atoms with Crippen LogP contribution in [0.1, 0.15) is 5.82 Å². The third kappa shape index (κ3) is 3.88. The Hall–Kier alpha value is -2.46. The Morgan fingerprint density at radius 1 is 1.21 bits per heavy atom. The third-order valence-electron chi connectivity index (χ3n) is 3.92. The van der Waals surface area contributed by atoms with Gasteiger partial charge in [0.05, 0.1) is 0 Å². The van der Waals surface area contributed by atoms with Gasteiger partial charge in [-0.25, -0.2) is 4.98 Å². The monoisotopic (exact) mass is 435 g/mol. The van der Waals surface area contributed by atoms with E-state index < -0.39 is 21.2 Å². The first-order valence-corrected chi connectivity index (χ1v) is 11.3. The van der Waals surface area contributed by atoms with E-state index in [2.05, 4.69) is 14.7 Å². The Labute approximate surface area is 169 Å². The molecule has 1 unspecified atom stereocenters. The van der Waals surface area contributed by atoms with Crippen LogP contribution in [0.15, 0.2) is 75.3 Å². The van der Waals surface area contributed by atoms with Gasteiger partial charge in [0.25, 0.3) is 10.0 Å². The summed E-state index contributed by atoms with van der Waals surface area (Å²) in [6, 6.07) is 12.9. The zero-order valence-corrected chi connectivity index (χ0v) is 16.6. The molecule has 2 aromatic heterocycles. The number of hydrogen-bond acceptors (Lipinski definition) is 5. The van der Waals surface area contributed by atoms with Crippen molar-refractivity contribution >= 4 is 49.5 Å². The van der Waals surface area contributed by atoms with Gasteiger partial charge in [0.15, 0.2) is 16.5 Å². The number of sulfonamides is 1. The van der Waals surface area contributed by atoms with Gasteiger partial charge in [0.2, 0.25) is 5.09 Å². The molecule has 144 valence electrons. The number of aromatic nitrogens is 2. The molecule has 4 aromatic rings. The Balaban J connectivity index is 1.67. The summed E-state index contributed by atoms with van der Waals surface area (Å²) in [4.78, 5) is 7.21. The molecule has 28 heavy (non-hydrogen) atoms. The lowest BCUT2D eigenvalue weighted by Gasteiger charge is -2.14. The highest BCUT2D eigenvalue weighted by Gasteiger charge is 2.25. The number of imidazole rings is 1. The van der Waals surface area contributed by atoms with Crippen molar-refractivity contribution in [2.24, 2.45) is 0 Å². The molecule has 2 heterocycles. The van der Waals surface area contributed by atoms with E-state index in [1.807, 2.05) is 0 Å². The average molecular weight is 436 g/mol. The highest BCUT2D eigenvalue weighted by Crippen LogP contribution is 2.31. The van der Waals surface area contributed by atoms with Gasteiger partial charge in [-0.15, -0.1) is 0 Å². The van der Waals surface area contributed by atoms with E-state index in [4.69, 9.17) is 16.0 Å². The Morgan fingerprint density at radius 2 is 2.04 bits per heavy atom. The van der Waals surface area contributed by atoms with Crippen molar-refractivity contribution in [3.8, 4) is 0 Å². The largest absolute Gasteiger partial charge is 0.611 e. The third-order valence-corrected chi connectivity index (χ3v) is 6.76. The maximum atomic E-state index is 12.8. The topological polar surface area (TPSA) is 111 Å². The molecule has 0 aliphatic heterocycles. The highest BCUT2D eigenvalue weighted by atomic mass is 35.5. The molecule has 0 aliphatic carbocycles. The van der Waals surface area contributed by atoms with Crippen LogP contribution in [0.2, 0.25) is 5.02 Å². The van der Waals surface area contributed by atoms with Crippen molar-refractivity contribution in [2.45, 2.75) is 15.7 Å². The maximum Gasteiger partial charge on any atom is 0.295 e. The van der Waals surface area contributed by atoms with Crippen LogP contribution in [0.25, 0.3) is 11.0 Å². The molecule has 1 atom stereocenters. The van der Waals surface area contributed by atoms with Gasteiger partial charge in [0, 0.05) is 28.9 Å². The van der Waals surface area contributed by atoms with Crippen molar-refractivity contribution in [3.63, 3.8) is 0 Å². The number of benzene rings is 2. The first-order chi connectivity index (χ1) is 13.4. The minimum Gasteiger partial charge on any atom is -0.611 e. The lowest BCUT2D eigenvalue weighted by Crippen LogP contribution is -2.16. The van der Waals surface area contributed by atoms with Crippen LogP contribution in [-0.4, -0.2) is 22.9 Å². The summed E-state index contributed by atoms with van der Waals surface area (Å²) in [5, 5.41) is 0.730. The van der Waals surface area contributed by atoms with Crippen molar-refractivity contribution in [1.29, 1.82) is 0 Å². The lowest BCUT2D eigenvalue weighted by molar-refractivity contribution is 0.484. The van der Waals surface area contributed by atoms with Crippen molar-refractivity contribution in [2.75, 3.05) is 4.72 Å². The Bertz CT molecular complexity index is 1190. The van der Waals surface area contributed by atoms with Gasteiger partial charge in [-0.2, -0.15) is 8.42 Å². The smallest absolute Gasteiger partial charge is 0.295 e. The second-order valence-electron chi connectivity index (χ2n) is 5.87. The quantitative estimate of drug-likeness (QED) is 0.446. The van der Waals surface area contributed by atoms with Crippen LogP contribution in [-0.2, 0) is 27.0 Å². The zero-order valence-electron chi connectivity index (χ0n) is 14.3. The van der Waals surface area contributed by atoms with Crippen LogP contribution in [0.3, 0.4) is 0 Å². The normalized spacial score (nSPS) is 12.9. The average Bonchev–Trinajstić information content (AvgIpc) is 3.30. The predicted octanol–water partition coefficient (Wildman–Crippen LogP) is 3.92. The molecule has 4 rings (SSSR count). The van der Waals surface area contributed by atoms with E-state index in [0.29, 0.717) is 26.7 Å². The van der Waals surface area contributed by atoms with Crippen LogP contribution in [0.5, 0.6) is 0 Å². The first-order valence-electron chi connectivity index (χ1n) is 8.10. The Kier molecular flexibility index (Phi) is 5.07. The summed E-state index contributed by atoms with van der Waals surface area (Å²) >= 11 is 4.48. The molecule has 0 saturated carbocycles. The van der Waals surface area contributed by atoms with Crippen LogP contribution < -0.4 is 4.72 Å². The summed E-state index contributed by atoms with van der Waals surface area (Å²) in [7, 11) is -4.04. The lowest BCUT2D eigenvalue weighted by atomic mass is 10.3. The molecule has 7 nitrogen and oxygen atoms in total. The summed E-state index contributed by atoms with van der Waals surface area (Å²) in [6.45, 7) is 0. The predicted molar refractivity (Wildman–Crippen MR) is 107 cm³/mol. The van der Waals surface area contributed by atoms with Gasteiger partial charge >= 0.3 is 0 Å². The summed E-state index contributed by atoms with van der Waals surface area (Å²) in [5.74, 6) is 0.632. The molecule has 0 radical (unpaired) electrons. The molecule has 0 spiro atoms. The fraction of sp³-hybridized carbons (Fsp3) is 0.0556. The fourth-order valence-corrected chi connectivity index (χ4v) is 5.06. The molecule has 0 aliphatic rings. The van der Waals surface area contributed by atoms with Crippen LogP contribution in [0.4, 0.5) is 5.69 Å². The second-order valence-corrected chi connectivity index (χ2v) is 9.34. The first kappa shape index (κ1) is 18.9. The van der Waals surface area contributed by atoms with Crippen molar-refractivity contribution in [3.05, 3.63) is 71.8 Å². The number of furan rings is 1. The van der Waals surface area contributed by atoms with Crippen LogP contribution >= 0.6 is 11.6 Å². The minimum absolute atomic E-state index is 0.105. The highest BCUT2D eigenvalue weighted by molar-refractivity contribution is 7.93. The standard InChI is InChI=1S/C18H14ClN3O4S2/c19-13-5-6-16(27(23)11-17-20-7-8-21-17)14(10-13)22-28(24,25)18-9-12-3-1-2-4-15(12)26-18/h1-10,22H,11H2,(H,20,21). The number of nitrogens with one attached hydrogen (secondary N) is 2.